The summed E-state index contributed by atoms with van der Waals surface area (Å²) in [6.45, 7) is 8.92. The number of carboxylic acid groups (broad SMARTS) is 1. The van der Waals surface area contributed by atoms with Crippen LogP contribution in [0.1, 0.15) is 43.1 Å². The molecule has 2 aromatic carbocycles. The van der Waals surface area contributed by atoms with Crippen molar-refractivity contribution in [1.82, 2.24) is 30.2 Å². The van der Waals surface area contributed by atoms with Crippen molar-refractivity contribution in [3.8, 4) is 22.8 Å². The molecule has 0 radical (unpaired) electrons. The molecule has 1 atom stereocenters. The lowest BCUT2D eigenvalue weighted by Crippen LogP contribution is -2.67. The van der Waals surface area contributed by atoms with Gasteiger partial charge in [0.15, 0.2) is 17.4 Å². The molecule has 5 rings (SSSR count). The molecular weight excluding hydrogens is 494 g/mol. The van der Waals surface area contributed by atoms with Gasteiger partial charge >= 0.3 is 6.09 Å². The number of aryl methyl sites for hydroxylation is 1. The molecule has 1 amide bonds. The lowest BCUT2D eigenvalue weighted by molar-refractivity contribution is 0.0139. The molecule has 39 heavy (non-hydrogen) atoms. The fraction of sp³-hybridized carbons (Fsp3) is 0.345. The topological polar surface area (TPSA) is 150 Å². The summed E-state index contributed by atoms with van der Waals surface area (Å²) in [5, 5.41) is 13.4. The Morgan fingerprint density at radius 2 is 1.85 bits per heavy atom. The van der Waals surface area contributed by atoms with E-state index in [2.05, 4.69) is 20.3 Å². The number of Topliss-reactive ketones (excluding diaryl/α,β-unsaturated/α-hetero) is 1. The van der Waals surface area contributed by atoms with E-state index in [1.807, 2.05) is 45.9 Å². The van der Waals surface area contributed by atoms with E-state index in [0.29, 0.717) is 35.7 Å². The maximum absolute atomic E-state index is 14.1. The normalized spacial score (nSPS) is 18.2. The van der Waals surface area contributed by atoms with Crippen LogP contribution in [0.4, 0.5) is 10.6 Å². The Labute approximate surface area is 226 Å². The van der Waals surface area contributed by atoms with Crippen LogP contribution in [0, 0.1) is 12.3 Å². The third-order valence-corrected chi connectivity index (χ3v) is 7.53. The predicted octanol–water partition coefficient (Wildman–Crippen LogP) is 4.52. The SMILES string of the molecule is Cc1ccc2nc(-c3nc(-c4ccc(C(=O)C5(C(C)(C)C)CNCCCN5C(=O)O)cc4)cnc3N)[nH]c2c1. The zero-order valence-corrected chi connectivity index (χ0v) is 22.6. The number of aromatic nitrogens is 4. The molecule has 0 bridgehead atoms. The van der Waals surface area contributed by atoms with Crippen LogP contribution in [-0.2, 0) is 0 Å². The van der Waals surface area contributed by atoms with Gasteiger partial charge in [-0.1, -0.05) is 51.1 Å². The number of nitrogens with zero attached hydrogens (tertiary/aromatic N) is 4. The van der Waals surface area contributed by atoms with Gasteiger partial charge in [-0.15, -0.1) is 0 Å². The number of aromatic amines is 1. The second kappa shape index (κ2) is 9.77. The average Bonchev–Trinajstić information content (AvgIpc) is 3.16. The molecule has 202 valence electrons. The minimum Gasteiger partial charge on any atom is -0.465 e. The number of H-pyrrole nitrogens is 1. The molecule has 2 aromatic heterocycles. The molecule has 10 heteroatoms. The van der Waals surface area contributed by atoms with Gasteiger partial charge in [0.25, 0.3) is 0 Å². The zero-order chi connectivity index (χ0) is 27.9. The Morgan fingerprint density at radius 1 is 1.10 bits per heavy atom. The number of imidazole rings is 1. The second-order valence-corrected chi connectivity index (χ2v) is 11.1. The summed E-state index contributed by atoms with van der Waals surface area (Å²) in [6, 6.07) is 13.0. The van der Waals surface area contributed by atoms with Crippen LogP contribution in [0.25, 0.3) is 33.8 Å². The van der Waals surface area contributed by atoms with Crippen molar-refractivity contribution in [1.29, 1.82) is 0 Å². The highest BCUT2D eigenvalue weighted by Crippen LogP contribution is 2.40. The summed E-state index contributed by atoms with van der Waals surface area (Å²) in [4.78, 5) is 44.7. The number of hydrogen-bond acceptors (Lipinski definition) is 7. The Hall–Kier alpha value is -4.31. The smallest absolute Gasteiger partial charge is 0.408 e. The first-order valence-electron chi connectivity index (χ1n) is 13.0. The van der Waals surface area contributed by atoms with Crippen LogP contribution in [0.2, 0.25) is 0 Å². The first-order chi connectivity index (χ1) is 18.5. The van der Waals surface area contributed by atoms with Crippen LogP contribution in [0.15, 0.2) is 48.7 Å². The predicted molar refractivity (Wildman–Crippen MR) is 150 cm³/mol. The number of nitrogen functional groups attached to an aromatic ring is 1. The van der Waals surface area contributed by atoms with Crippen molar-refractivity contribution in [3.63, 3.8) is 0 Å². The van der Waals surface area contributed by atoms with Crippen molar-refractivity contribution in [3.05, 3.63) is 59.8 Å². The Bertz CT molecular complexity index is 1560. The van der Waals surface area contributed by atoms with Gasteiger partial charge in [0, 0.05) is 24.2 Å². The van der Waals surface area contributed by atoms with E-state index in [4.69, 9.17) is 10.7 Å². The van der Waals surface area contributed by atoms with Gasteiger partial charge < -0.3 is 21.1 Å². The van der Waals surface area contributed by atoms with E-state index in [-0.39, 0.29) is 24.7 Å². The van der Waals surface area contributed by atoms with Gasteiger partial charge in [-0.25, -0.2) is 19.7 Å². The first-order valence-corrected chi connectivity index (χ1v) is 13.0. The standard InChI is InChI=1S/C29H33N7O3/c1-17-6-11-20-21(14-17)35-26(34-20)23-25(30)32-15-22(33-23)18-7-9-19(10-8-18)24(37)29(28(2,3)4)16-31-12-5-13-36(29)27(38)39/h6-11,14-15,31H,5,12-13,16H2,1-4H3,(H2,30,32)(H,34,35)(H,38,39). The number of hydrogen-bond donors (Lipinski definition) is 4. The summed E-state index contributed by atoms with van der Waals surface area (Å²) in [6.07, 6.45) is 1.13. The van der Waals surface area contributed by atoms with Crippen LogP contribution in [-0.4, -0.2) is 67.0 Å². The molecule has 10 nitrogen and oxygen atoms in total. The molecule has 1 unspecified atom stereocenters. The van der Waals surface area contributed by atoms with Crippen molar-refractivity contribution in [2.45, 2.75) is 39.7 Å². The van der Waals surface area contributed by atoms with Gasteiger partial charge in [-0.2, -0.15) is 0 Å². The number of ketones is 1. The maximum Gasteiger partial charge on any atom is 0.408 e. The van der Waals surface area contributed by atoms with Crippen molar-refractivity contribution in [2.75, 3.05) is 25.4 Å². The van der Waals surface area contributed by atoms with Crippen molar-refractivity contribution < 1.29 is 14.7 Å². The van der Waals surface area contributed by atoms with Crippen LogP contribution in [0.5, 0.6) is 0 Å². The van der Waals surface area contributed by atoms with E-state index in [9.17, 15) is 14.7 Å². The quantitative estimate of drug-likeness (QED) is 0.283. The number of anilines is 1. The molecule has 3 heterocycles. The Balaban J connectivity index is 1.50. The number of rotatable bonds is 4. The number of nitrogens with two attached hydrogens (primary N) is 1. The number of carbonyl (C=O) groups is 2. The third kappa shape index (κ3) is 4.61. The lowest BCUT2D eigenvalue weighted by atomic mass is 9.68. The second-order valence-electron chi connectivity index (χ2n) is 11.1. The maximum atomic E-state index is 14.1. The van der Waals surface area contributed by atoms with E-state index in [1.165, 1.54) is 4.90 Å². The molecule has 0 aliphatic carbocycles. The molecule has 5 N–H and O–H groups in total. The summed E-state index contributed by atoms with van der Waals surface area (Å²) in [7, 11) is 0. The molecule has 1 fully saturated rings. The van der Waals surface area contributed by atoms with Crippen molar-refractivity contribution >= 4 is 28.7 Å². The zero-order valence-electron chi connectivity index (χ0n) is 22.6. The van der Waals surface area contributed by atoms with Crippen LogP contribution < -0.4 is 11.1 Å². The van der Waals surface area contributed by atoms with Gasteiger partial charge in [-0.3, -0.25) is 9.69 Å². The molecular formula is C29H33N7O3. The number of nitrogens with one attached hydrogen (secondary N) is 2. The third-order valence-electron chi connectivity index (χ3n) is 7.53. The van der Waals surface area contributed by atoms with Gasteiger partial charge in [0.2, 0.25) is 0 Å². The number of carbonyl (C=O) groups excluding carboxylic acids is 1. The fourth-order valence-corrected chi connectivity index (χ4v) is 5.37. The number of amides is 1. The summed E-state index contributed by atoms with van der Waals surface area (Å²) < 4.78 is 0. The highest BCUT2D eigenvalue weighted by molar-refractivity contribution is 6.06. The molecule has 1 aliphatic rings. The van der Waals surface area contributed by atoms with E-state index in [0.717, 1.165) is 22.2 Å². The lowest BCUT2D eigenvalue weighted by Gasteiger charge is -2.48. The van der Waals surface area contributed by atoms with E-state index >= 15 is 0 Å². The summed E-state index contributed by atoms with van der Waals surface area (Å²) in [5.74, 6) is 0.541. The van der Waals surface area contributed by atoms with Gasteiger partial charge in [0.05, 0.1) is 22.9 Å². The van der Waals surface area contributed by atoms with Gasteiger partial charge in [-0.05, 0) is 43.0 Å². The van der Waals surface area contributed by atoms with E-state index in [1.54, 1.807) is 30.5 Å². The highest BCUT2D eigenvalue weighted by atomic mass is 16.4. The van der Waals surface area contributed by atoms with Crippen molar-refractivity contribution in [2.24, 2.45) is 5.41 Å². The largest absolute Gasteiger partial charge is 0.465 e. The summed E-state index contributed by atoms with van der Waals surface area (Å²) in [5.41, 5.74) is 9.24. The molecule has 0 spiro atoms. The highest BCUT2D eigenvalue weighted by Gasteiger charge is 2.55. The minimum atomic E-state index is -1.26. The Morgan fingerprint density at radius 3 is 2.54 bits per heavy atom. The van der Waals surface area contributed by atoms with E-state index < -0.39 is 17.0 Å². The Kier molecular flexibility index (Phi) is 6.59. The monoisotopic (exact) mass is 527 g/mol. The average molecular weight is 528 g/mol. The molecule has 4 aromatic rings. The van der Waals surface area contributed by atoms with Crippen LogP contribution in [0.3, 0.4) is 0 Å². The molecule has 0 saturated carbocycles. The fourth-order valence-electron chi connectivity index (χ4n) is 5.37. The summed E-state index contributed by atoms with van der Waals surface area (Å²) >= 11 is 0. The molecule has 1 saturated heterocycles. The number of benzene rings is 2. The number of fused-ring (bicyclic) bond motifs is 1. The van der Waals surface area contributed by atoms with Gasteiger partial charge in [0.1, 0.15) is 11.2 Å². The van der Waals surface area contributed by atoms with Crippen LogP contribution >= 0.6 is 0 Å². The molecule has 1 aliphatic heterocycles. The first kappa shape index (κ1) is 26.3. The minimum absolute atomic E-state index is 0.236.